The highest BCUT2D eigenvalue weighted by Crippen LogP contribution is 2.31. The second kappa shape index (κ2) is 5.16. The van der Waals surface area contributed by atoms with E-state index in [-0.39, 0.29) is 5.88 Å². The van der Waals surface area contributed by atoms with Crippen molar-refractivity contribution in [3.05, 3.63) is 35.4 Å². The highest BCUT2D eigenvalue weighted by molar-refractivity contribution is 6.20. The number of fused-ring (bicyclic) bond motifs is 1. The van der Waals surface area contributed by atoms with Crippen LogP contribution in [0.5, 0.6) is 5.88 Å². The molecule has 2 aromatic rings. The van der Waals surface area contributed by atoms with E-state index in [0.29, 0.717) is 17.4 Å². The number of rotatable bonds is 3. The van der Waals surface area contributed by atoms with E-state index in [1.54, 1.807) is 17.0 Å². The predicted octanol–water partition coefficient (Wildman–Crippen LogP) is 2.98. The van der Waals surface area contributed by atoms with Crippen molar-refractivity contribution in [3.8, 4) is 5.88 Å². The highest BCUT2D eigenvalue weighted by atomic mass is 16.3. The van der Waals surface area contributed by atoms with Crippen molar-refractivity contribution in [2.24, 2.45) is 18.0 Å². The van der Waals surface area contributed by atoms with Crippen LogP contribution in [-0.2, 0) is 13.5 Å². The zero-order chi connectivity index (χ0) is 15.0. The van der Waals surface area contributed by atoms with Gasteiger partial charge in [-0.25, -0.2) is 15.0 Å². The summed E-state index contributed by atoms with van der Waals surface area (Å²) in [6.07, 6.45) is 6.17. The summed E-state index contributed by atoms with van der Waals surface area (Å²) in [6, 6.07) is 3.85. The van der Waals surface area contributed by atoms with Gasteiger partial charge in [-0.3, -0.25) is 0 Å². The first-order chi connectivity index (χ1) is 10.1. The molecule has 0 amide bonds. The fourth-order valence-electron chi connectivity index (χ4n) is 2.39. The van der Waals surface area contributed by atoms with Gasteiger partial charge in [-0.15, -0.1) is 0 Å². The Labute approximate surface area is 123 Å². The monoisotopic (exact) mass is 282 g/mol. The van der Waals surface area contributed by atoms with Gasteiger partial charge in [-0.1, -0.05) is 13.8 Å². The standard InChI is InChI=1S/C16H18N4O/c1-10(2)7-14-19-13(16(21)20(14)3)8-11-9-18-15-12(11)5-4-6-17-15/h4-6,8-10,21H,7H2,1-3H3. The predicted molar refractivity (Wildman–Crippen MR) is 83.7 cm³/mol. The van der Waals surface area contributed by atoms with E-state index >= 15 is 0 Å². The number of pyridine rings is 1. The van der Waals surface area contributed by atoms with Crippen LogP contribution in [0.15, 0.2) is 23.3 Å². The fourth-order valence-corrected chi connectivity index (χ4v) is 2.39. The summed E-state index contributed by atoms with van der Waals surface area (Å²) in [5, 5.41) is 10.2. The van der Waals surface area contributed by atoms with Crippen LogP contribution < -0.4 is 0 Å². The molecule has 0 fully saturated rings. The van der Waals surface area contributed by atoms with Crippen LogP contribution in [-0.4, -0.2) is 25.9 Å². The van der Waals surface area contributed by atoms with Crippen molar-refractivity contribution >= 4 is 23.7 Å². The van der Waals surface area contributed by atoms with Gasteiger partial charge in [0.15, 0.2) is 5.82 Å². The first-order valence-corrected chi connectivity index (χ1v) is 7.02. The fraction of sp³-hybridized carbons (Fsp3) is 0.312. The Hall–Kier alpha value is -2.43. The van der Waals surface area contributed by atoms with Crippen molar-refractivity contribution in [2.45, 2.75) is 20.3 Å². The molecule has 0 aromatic carbocycles. The summed E-state index contributed by atoms with van der Waals surface area (Å²) in [7, 11) is 1.83. The van der Waals surface area contributed by atoms with Gasteiger partial charge in [-0.05, 0) is 24.1 Å². The van der Waals surface area contributed by atoms with Gasteiger partial charge in [0.2, 0.25) is 5.88 Å². The first kappa shape index (κ1) is 13.5. The minimum absolute atomic E-state index is 0.184. The van der Waals surface area contributed by atoms with Crippen molar-refractivity contribution in [1.82, 2.24) is 14.5 Å². The average Bonchev–Trinajstić information content (AvgIpc) is 2.97. The summed E-state index contributed by atoms with van der Waals surface area (Å²) < 4.78 is 1.74. The smallest absolute Gasteiger partial charge is 0.218 e. The number of hydrogen-bond donors (Lipinski definition) is 1. The summed E-state index contributed by atoms with van der Waals surface area (Å²) in [5.74, 6) is 2.27. The molecule has 5 heteroatoms. The third kappa shape index (κ3) is 2.46. The molecule has 1 aliphatic heterocycles. The van der Waals surface area contributed by atoms with E-state index in [1.165, 1.54) is 0 Å². The lowest BCUT2D eigenvalue weighted by Crippen LogP contribution is -2.02. The Morgan fingerprint density at radius 2 is 2.19 bits per heavy atom. The van der Waals surface area contributed by atoms with Gasteiger partial charge in [0.25, 0.3) is 0 Å². The molecule has 0 spiro atoms. The number of aromatic hydroxyl groups is 1. The zero-order valence-electron chi connectivity index (χ0n) is 12.4. The SMILES string of the molecule is CC(C)Cc1nc(C=C2C=Nc3ncccc32)c(O)n1C. The summed E-state index contributed by atoms with van der Waals surface area (Å²) in [6.45, 7) is 4.27. The van der Waals surface area contributed by atoms with Crippen LogP contribution in [0.1, 0.15) is 30.9 Å². The summed E-state index contributed by atoms with van der Waals surface area (Å²) >= 11 is 0. The maximum atomic E-state index is 10.2. The van der Waals surface area contributed by atoms with Crippen molar-refractivity contribution in [2.75, 3.05) is 0 Å². The van der Waals surface area contributed by atoms with Crippen LogP contribution in [0.3, 0.4) is 0 Å². The number of hydrogen-bond acceptors (Lipinski definition) is 4. The third-order valence-corrected chi connectivity index (χ3v) is 3.49. The number of nitrogens with zero attached hydrogens (tertiary/aromatic N) is 4. The molecule has 21 heavy (non-hydrogen) atoms. The van der Waals surface area contributed by atoms with Crippen molar-refractivity contribution in [1.29, 1.82) is 0 Å². The van der Waals surface area contributed by atoms with Gasteiger partial charge in [0, 0.05) is 37.0 Å². The average molecular weight is 282 g/mol. The van der Waals surface area contributed by atoms with E-state index in [4.69, 9.17) is 0 Å². The summed E-state index contributed by atoms with van der Waals surface area (Å²) in [5.41, 5.74) is 2.46. The lowest BCUT2D eigenvalue weighted by molar-refractivity contribution is 0.425. The van der Waals surface area contributed by atoms with E-state index in [0.717, 1.165) is 23.4 Å². The van der Waals surface area contributed by atoms with Gasteiger partial charge < -0.3 is 9.67 Å². The molecule has 0 saturated heterocycles. The number of imidazole rings is 1. The molecule has 5 nitrogen and oxygen atoms in total. The van der Waals surface area contributed by atoms with Crippen LogP contribution in [0.25, 0.3) is 11.6 Å². The number of aliphatic imine (C=N–C) groups is 1. The topological polar surface area (TPSA) is 63.3 Å². The maximum absolute atomic E-state index is 10.2. The largest absolute Gasteiger partial charge is 0.493 e. The van der Waals surface area contributed by atoms with E-state index < -0.39 is 0 Å². The Morgan fingerprint density at radius 3 is 2.95 bits per heavy atom. The summed E-state index contributed by atoms with van der Waals surface area (Å²) in [4.78, 5) is 13.0. The molecule has 2 aromatic heterocycles. The third-order valence-electron chi connectivity index (χ3n) is 3.49. The van der Waals surface area contributed by atoms with Crippen LogP contribution in [0.4, 0.5) is 5.82 Å². The Kier molecular flexibility index (Phi) is 3.33. The minimum Gasteiger partial charge on any atom is -0.493 e. The Morgan fingerprint density at radius 1 is 1.38 bits per heavy atom. The van der Waals surface area contributed by atoms with Crippen LogP contribution in [0.2, 0.25) is 0 Å². The normalized spacial score (nSPS) is 15.1. The quantitative estimate of drug-likeness (QED) is 0.941. The molecule has 0 radical (unpaired) electrons. The molecule has 0 aliphatic carbocycles. The van der Waals surface area contributed by atoms with Gasteiger partial charge in [0.1, 0.15) is 11.5 Å². The highest BCUT2D eigenvalue weighted by Gasteiger charge is 2.17. The molecule has 1 aliphatic rings. The van der Waals surface area contributed by atoms with E-state index in [2.05, 4.69) is 28.8 Å². The second-order valence-corrected chi connectivity index (χ2v) is 5.63. The molecule has 3 rings (SSSR count). The molecular weight excluding hydrogens is 264 g/mol. The van der Waals surface area contributed by atoms with Crippen molar-refractivity contribution in [3.63, 3.8) is 0 Å². The zero-order valence-corrected chi connectivity index (χ0v) is 12.4. The first-order valence-electron chi connectivity index (χ1n) is 7.02. The Bertz CT molecular complexity index is 741. The van der Waals surface area contributed by atoms with E-state index in [1.807, 2.05) is 25.3 Å². The van der Waals surface area contributed by atoms with Gasteiger partial charge in [0.05, 0.1) is 0 Å². The number of aromatic nitrogens is 3. The molecule has 0 unspecified atom stereocenters. The van der Waals surface area contributed by atoms with Crippen molar-refractivity contribution < 1.29 is 5.11 Å². The molecule has 0 atom stereocenters. The van der Waals surface area contributed by atoms with E-state index in [9.17, 15) is 5.11 Å². The van der Waals surface area contributed by atoms with Crippen LogP contribution in [0, 0.1) is 5.92 Å². The molecule has 3 heterocycles. The molecular formula is C16H18N4O. The molecule has 0 bridgehead atoms. The molecule has 108 valence electrons. The Balaban J connectivity index is 2.00. The minimum atomic E-state index is 0.184. The maximum Gasteiger partial charge on any atom is 0.218 e. The van der Waals surface area contributed by atoms with Crippen LogP contribution >= 0.6 is 0 Å². The lowest BCUT2D eigenvalue weighted by atomic mass is 10.1. The molecule has 0 saturated carbocycles. The molecule has 1 N–H and O–H groups in total. The number of allylic oxidation sites excluding steroid dienone is 1. The lowest BCUT2D eigenvalue weighted by Gasteiger charge is -2.03. The van der Waals surface area contributed by atoms with Gasteiger partial charge >= 0.3 is 0 Å². The second-order valence-electron chi connectivity index (χ2n) is 5.63. The van der Waals surface area contributed by atoms with Gasteiger partial charge in [-0.2, -0.15) is 0 Å².